The third kappa shape index (κ3) is 3.72. The zero-order valence-electron chi connectivity index (χ0n) is 20.6. The fourth-order valence-electron chi connectivity index (χ4n) is 8.38. The molecule has 3 fully saturated rings. The van der Waals surface area contributed by atoms with Crippen LogP contribution in [0.2, 0.25) is 0 Å². The Morgan fingerprint density at radius 1 is 1.07 bits per heavy atom. The predicted octanol–water partition coefficient (Wildman–Crippen LogP) is 6.89. The van der Waals surface area contributed by atoms with Gasteiger partial charge in [-0.25, -0.2) is 0 Å². The Bertz CT molecular complexity index is 674. The van der Waals surface area contributed by atoms with Crippen molar-refractivity contribution < 1.29 is 10.2 Å². The number of fused-ring (bicyclic) bond motifs is 5. The highest BCUT2D eigenvalue weighted by Crippen LogP contribution is 2.67. The minimum atomic E-state index is -0.516. The van der Waals surface area contributed by atoms with Crippen LogP contribution in [-0.4, -0.2) is 21.4 Å². The summed E-state index contributed by atoms with van der Waals surface area (Å²) in [6, 6.07) is 0. The van der Waals surface area contributed by atoms with Gasteiger partial charge in [0.05, 0.1) is 11.2 Å². The molecular weight excluding hydrogens is 368 g/mol. The largest absolute Gasteiger partial charge is 0.390 e. The molecule has 0 radical (unpaired) electrons. The standard InChI is InChI=1S/C28H48O2/c1-19(2)28(6,30)14-7-8-20-10-12-23-22-11-9-21-18-25(3,29)16-17-27(21,5)24(22)13-15-26(20,23)4/h9,19-20,22-24,29-30H,7-8,10-18H2,1-6H3/t20-,22-,23-,24-,25-,26+,27-,28-/m0/s1. The normalized spacial score (nSPS) is 47.8. The van der Waals surface area contributed by atoms with E-state index in [-0.39, 0.29) is 0 Å². The van der Waals surface area contributed by atoms with E-state index in [9.17, 15) is 10.2 Å². The second-order valence-electron chi connectivity index (χ2n) is 13.2. The van der Waals surface area contributed by atoms with Gasteiger partial charge in [0.1, 0.15) is 0 Å². The second-order valence-corrected chi connectivity index (χ2v) is 13.2. The molecule has 0 aromatic rings. The van der Waals surface area contributed by atoms with Crippen molar-refractivity contribution in [3.05, 3.63) is 11.6 Å². The smallest absolute Gasteiger partial charge is 0.0657 e. The second kappa shape index (κ2) is 7.62. The first-order valence-corrected chi connectivity index (χ1v) is 13.0. The lowest BCUT2D eigenvalue weighted by Gasteiger charge is -2.59. The summed E-state index contributed by atoms with van der Waals surface area (Å²) in [5.74, 6) is 3.73. The van der Waals surface area contributed by atoms with Crippen LogP contribution in [0.5, 0.6) is 0 Å². The highest BCUT2D eigenvalue weighted by atomic mass is 16.3. The van der Waals surface area contributed by atoms with Crippen molar-refractivity contribution in [2.75, 3.05) is 0 Å². The average molecular weight is 417 g/mol. The van der Waals surface area contributed by atoms with E-state index in [2.05, 4.69) is 33.8 Å². The topological polar surface area (TPSA) is 40.5 Å². The van der Waals surface area contributed by atoms with Gasteiger partial charge < -0.3 is 10.2 Å². The van der Waals surface area contributed by atoms with Crippen LogP contribution in [0.25, 0.3) is 0 Å². The highest BCUT2D eigenvalue weighted by Gasteiger charge is 2.58. The van der Waals surface area contributed by atoms with Gasteiger partial charge in [0.15, 0.2) is 0 Å². The molecule has 0 aliphatic heterocycles. The molecule has 0 bridgehead atoms. The fourth-order valence-corrected chi connectivity index (χ4v) is 8.38. The highest BCUT2D eigenvalue weighted by molar-refractivity contribution is 5.26. The molecule has 0 aromatic carbocycles. The van der Waals surface area contributed by atoms with Crippen LogP contribution in [0.1, 0.15) is 112 Å². The first-order valence-electron chi connectivity index (χ1n) is 13.0. The van der Waals surface area contributed by atoms with E-state index in [4.69, 9.17) is 0 Å². The monoisotopic (exact) mass is 416 g/mol. The van der Waals surface area contributed by atoms with Gasteiger partial charge in [-0.2, -0.15) is 0 Å². The number of rotatable bonds is 5. The van der Waals surface area contributed by atoms with Crippen LogP contribution in [-0.2, 0) is 0 Å². The van der Waals surface area contributed by atoms with Crippen molar-refractivity contribution in [1.82, 2.24) is 0 Å². The molecule has 0 heterocycles. The molecule has 172 valence electrons. The molecule has 2 nitrogen and oxygen atoms in total. The van der Waals surface area contributed by atoms with Gasteiger partial charge in [0, 0.05) is 0 Å². The minimum Gasteiger partial charge on any atom is -0.390 e. The van der Waals surface area contributed by atoms with Crippen molar-refractivity contribution >= 4 is 0 Å². The molecule has 30 heavy (non-hydrogen) atoms. The van der Waals surface area contributed by atoms with Crippen LogP contribution in [0.15, 0.2) is 11.6 Å². The summed E-state index contributed by atoms with van der Waals surface area (Å²) in [6.07, 6.45) is 15.8. The van der Waals surface area contributed by atoms with Gasteiger partial charge in [-0.15, -0.1) is 0 Å². The molecule has 0 saturated heterocycles. The van der Waals surface area contributed by atoms with Gasteiger partial charge in [-0.3, -0.25) is 0 Å². The van der Waals surface area contributed by atoms with E-state index in [1.54, 1.807) is 5.57 Å². The number of hydrogen-bond donors (Lipinski definition) is 2. The van der Waals surface area contributed by atoms with Crippen molar-refractivity contribution in [3.63, 3.8) is 0 Å². The maximum absolute atomic E-state index is 10.7. The van der Waals surface area contributed by atoms with E-state index >= 15 is 0 Å². The molecule has 8 atom stereocenters. The van der Waals surface area contributed by atoms with Crippen molar-refractivity contribution in [2.24, 2.45) is 40.4 Å². The van der Waals surface area contributed by atoms with E-state index in [1.807, 2.05) is 13.8 Å². The zero-order chi connectivity index (χ0) is 21.9. The van der Waals surface area contributed by atoms with Gasteiger partial charge in [-0.1, -0.05) is 45.8 Å². The summed E-state index contributed by atoms with van der Waals surface area (Å²) < 4.78 is 0. The predicted molar refractivity (Wildman–Crippen MR) is 125 cm³/mol. The molecule has 0 amide bonds. The third-order valence-corrected chi connectivity index (χ3v) is 11.1. The third-order valence-electron chi connectivity index (χ3n) is 11.1. The average Bonchev–Trinajstić information content (AvgIpc) is 2.98. The lowest BCUT2D eigenvalue weighted by Crippen LogP contribution is -2.51. The maximum atomic E-state index is 10.7. The Morgan fingerprint density at radius 3 is 2.50 bits per heavy atom. The molecule has 2 heteroatoms. The Labute approximate surface area is 185 Å². The summed E-state index contributed by atoms with van der Waals surface area (Å²) >= 11 is 0. The summed E-state index contributed by atoms with van der Waals surface area (Å²) in [5, 5.41) is 21.3. The van der Waals surface area contributed by atoms with Crippen LogP contribution < -0.4 is 0 Å². The zero-order valence-corrected chi connectivity index (χ0v) is 20.6. The SMILES string of the molecule is CC(C)[C@@](C)(O)CCC[C@H]1CC[C@H]2[C@@H]3CC=C4C[C@@](C)(O)CC[C@]4(C)[C@H]3CC[C@]12C. The number of allylic oxidation sites excluding steroid dienone is 1. The van der Waals surface area contributed by atoms with E-state index in [0.717, 1.165) is 42.9 Å². The van der Waals surface area contributed by atoms with Gasteiger partial charge in [-0.05, 0) is 118 Å². The molecule has 4 aliphatic carbocycles. The van der Waals surface area contributed by atoms with E-state index in [0.29, 0.717) is 16.7 Å². The molecule has 2 N–H and O–H groups in total. The summed E-state index contributed by atoms with van der Waals surface area (Å²) in [6.45, 7) is 13.5. The molecule has 0 aromatic heterocycles. The Balaban J connectivity index is 1.46. The summed E-state index contributed by atoms with van der Waals surface area (Å²) in [7, 11) is 0. The van der Waals surface area contributed by atoms with E-state index < -0.39 is 11.2 Å². The molecular formula is C28H48O2. The Kier molecular flexibility index (Phi) is 5.80. The number of hydrogen-bond acceptors (Lipinski definition) is 2. The number of aliphatic hydroxyl groups is 2. The van der Waals surface area contributed by atoms with Crippen molar-refractivity contribution in [1.29, 1.82) is 0 Å². The quantitative estimate of drug-likeness (QED) is 0.479. The van der Waals surface area contributed by atoms with Gasteiger partial charge in [0.2, 0.25) is 0 Å². The first-order chi connectivity index (χ1) is 13.9. The Hall–Kier alpha value is -0.340. The molecule has 0 spiro atoms. The maximum Gasteiger partial charge on any atom is 0.0657 e. The Morgan fingerprint density at radius 2 is 1.80 bits per heavy atom. The molecule has 3 saturated carbocycles. The molecule has 4 aliphatic rings. The minimum absolute atomic E-state index is 0.333. The lowest BCUT2D eigenvalue weighted by molar-refractivity contribution is -0.0668. The van der Waals surface area contributed by atoms with E-state index in [1.165, 1.54) is 51.4 Å². The summed E-state index contributed by atoms with van der Waals surface area (Å²) in [4.78, 5) is 0. The lowest BCUT2D eigenvalue weighted by atomic mass is 9.46. The summed E-state index contributed by atoms with van der Waals surface area (Å²) in [5.41, 5.74) is 1.41. The van der Waals surface area contributed by atoms with Crippen molar-refractivity contribution in [3.8, 4) is 0 Å². The van der Waals surface area contributed by atoms with Crippen LogP contribution in [0.3, 0.4) is 0 Å². The fraction of sp³-hybridized carbons (Fsp3) is 0.929. The van der Waals surface area contributed by atoms with Gasteiger partial charge >= 0.3 is 0 Å². The van der Waals surface area contributed by atoms with Crippen molar-refractivity contribution in [2.45, 2.75) is 123 Å². The van der Waals surface area contributed by atoms with Crippen LogP contribution >= 0.6 is 0 Å². The van der Waals surface area contributed by atoms with Crippen LogP contribution in [0.4, 0.5) is 0 Å². The van der Waals surface area contributed by atoms with Gasteiger partial charge in [0.25, 0.3) is 0 Å². The molecule has 4 rings (SSSR count). The van der Waals surface area contributed by atoms with Crippen LogP contribution in [0, 0.1) is 40.4 Å². The first kappa shape index (κ1) is 22.8. The molecule has 0 unspecified atom stereocenters.